The average molecular weight is 641 g/mol. The number of nitrogens with one attached hydrogen (secondary N) is 2. The molecule has 1 fully saturated rings. The fourth-order valence-electron chi connectivity index (χ4n) is 3.99. The van der Waals surface area contributed by atoms with Crippen LogP contribution in [0, 0.1) is 0 Å². The van der Waals surface area contributed by atoms with Crippen LogP contribution in [0.1, 0.15) is 19.5 Å². The lowest BCUT2D eigenvalue weighted by molar-refractivity contribution is -0.689. The van der Waals surface area contributed by atoms with Gasteiger partial charge < -0.3 is 36.5 Å². The number of thioether (sulfide) groups is 1. The molecule has 16 nitrogen and oxygen atoms in total. The molecule has 2 aliphatic rings. The number of nitrogens with two attached hydrogens (primary N) is 1. The molecule has 19 heteroatoms. The lowest BCUT2D eigenvalue weighted by atomic mass is 10.0. The van der Waals surface area contributed by atoms with Crippen molar-refractivity contribution in [3.05, 3.63) is 39.8 Å². The van der Waals surface area contributed by atoms with E-state index in [-0.39, 0.29) is 50.5 Å². The number of anilines is 2. The molecule has 222 valence electrons. The molecule has 0 saturated carbocycles. The number of nitrogens with zero attached hydrogens (tertiary/aromatic N) is 4. The Morgan fingerprint density at radius 1 is 1.36 bits per heavy atom. The maximum absolute atomic E-state index is 13.2. The van der Waals surface area contributed by atoms with E-state index in [4.69, 9.17) is 27.3 Å². The summed E-state index contributed by atoms with van der Waals surface area (Å²) in [7, 11) is 0. The van der Waals surface area contributed by atoms with Crippen LogP contribution < -0.4 is 20.9 Å². The SMILES string of the molecule is CC(=O)Nc1cc[n+](CC2=C(C(=O)O)N3C(=O)C(NC(=O)C(=NO[C@@H](C)C(=O)O)c4nc(N)sc4Cl)C3SC2)cc1O. The number of carbonyl (C=O) groups is 5. The third-order valence-electron chi connectivity index (χ3n) is 5.91. The van der Waals surface area contributed by atoms with Crippen LogP contribution >= 0.6 is 34.7 Å². The Bertz CT molecular complexity index is 1560. The van der Waals surface area contributed by atoms with E-state index in [0.717, 1.165) is 16.2 Å². The number of thiazole rings is 1. The normalized spacial score (nSPS) is 19.0. The lowest BCUT2D eigenvalue weighted by Crippen LogP contribution is -2.71. The van der Waals surface area contributed by atoms with E-state index in [1.54, 1.807) is 0 Å². The number of carboxylic acids is 2. The minimum Gasteiger partial charge on any atom is -0.501 e. The van der Waals surface area contributed by atoms with Crippen molar-refractivity contribution in [2.24, 2.45) is 5.16 Å². The van der Waals surface area contributed by atoms with Crippen molar-refractivity contribution in [3.63, 3.8) is 0 Å². The van der Waals surface area contributed by atoms with E-state index < -0.39 is 47.0 Å². The summed E-state index contributed by atoms with van der Waals surface area (Å²) in [6.07, 6.45) is 1.40. The number of amides is 3. The summed E-state index contributed by atoms with van der Waals surface area (Å²) < 4.78 is 1.46. The summed E-state index contributed by atoms with van der Waals surface area (Å²) in [6, 6.07) is 0.281. The molecular weight excluding hydrogens is 618 g/mol. The van der Waals surface area contributed by atoms with E-state index in [1.165, 1.54) is 48.6 Å². The summed E-state index contributed by atoms with van der Waals surface area (Å²) in [6.45, 7) is 2.47. The molecule has 0 aromatic carbocycles. The van der Waals surface area contributed by atoms with Gasteiger partial charge in [0.05, 0.1) is 5.69 Å². The zero-order valence-electron chi connectivity index (χ0n) is 21.7. The topological polar surface area (TPSA) is 238 Å². The van der Waals surface area contributed by atoms with Crippen LogP contribution in [-0.4, -0.2) is 83.8 Å². The largest absolute Gasteiger partial charge is 0.501 e. The second-order valence-corrected chi connectivity index (χ2v) is 11.7. The Morgan fingerprint density at radius 2 is 2.07 bits per heavy atom. The number of rotatable bonds is 10. The molecule has 2 aromatic heterocycles. The highest BCUT2D eigenvalue weighted by Crippen LogP contribution is 2.40. The first-order valence-corrected chi connectivity index (χ1v) is 14.1. The molecule has 2 aliphatic heterocycles. The Labute approximate surface area is 249 Å². The molecule has 0 radical (unpaired) electrons. The van der Waals surface area contributed by atoms with Gasteiger partial charge in [0.15, 0.2) is 23.6 Å². The number of hydrogen-bond donors (Lipinski definition) is 6. The number of nitrogen functional groups attached to an aromatic ring is 1. The first kappa shape index (κ1) is 30.5. The Balaban J connectivity index is 1.55. The zero-order chi connectivity index (χ0) is 30.9. The van der Waals surface area contributed by atoms with Gasteiger partial charge in [0.1, 0.15) is 27.1 Å². The zero-order valence-corrected chi connectivity index (χ0v) is 24.1. The van der Waals surface area contributed by atoms with Gasteiger partial charge in [-0.25, -0.2) is 14.6 Å². The van der Waals surface area contributed by atoms with E-state index in [0.29, 0.717) is 5.57 Å². The number of oxime groups is 1. The number of carboxylic acid groups (broad SMARTS) is 2. The Morgan fingerprint density at radius 3 is 2.64 bits per heavy atom. The summed E-state index contributed by atoms with van der Waals surface area (Å²) in [5.74, 6) is -4.87. The lowest BCUT2D eigenvalue weighted by Gasteiger charge is -2.49. The van der Waals surface area contributed by atoms with Gasteiger partial charge in [0.2, 0.25) is 24.0 Å². The number of β-lactam (4-membered cyclic amide) rings is 1. The van der Waals surface area contributed by atoms with Crippen LogP contribution in [0.2, 0.25) is 4.34 Å². The van der Waals surface area contributed by atoms with Crippen molar-refractivity contribution in [3.8, 4) is 5.75 Å². The third kappa shape index (κ3) is 6.24. The van der Waals surface area contributed by atoms with Crippen molar-refractivity contribution >= 4 is 80.9 Å². The molecule has 0 spiro atoms. The van der Waals surface area contributed by atoms with Crippen LogP contribution in [-0.2, 0) is 35.4 Å². The molecule has 3 atom stereocenters. The summed E-state index contributed by atoms with van der Waals surface area (Å²) in [5, 5.41) is 37.0. The first-order chi connectivity index (χ1) is 19.8. The van der Waals surface area contributed by atoms with Crippen molar-refractivity contribution in [2.45, 2.75) is 37.9 Å². The van der Waals surface area contributed by atoms with E-state index in [2.05, 4.69) is 20.8 Å². The van der Waals surface area contributed by atoms with Crippen LogP contribution in [0.4, 0.5) is 10.8 Å². The van der Waals surface area contributed by atoms with Crippen molar-refractivity contribution < 1.29 is 48.7 Å². The van der Waals surface area contributed by atoms with Crippen LogP contribution in [0.5, 0.6) is 5.75 Å². The minimum atomic E-state index is -1.43. The number of fused-ring (bicyclic) bond motifs is 1. The van der Waals surface area contributed by atoms with Crippen LogP contribution in [0.15, 0.2) is 34.9 Å². The summed E-state index contributed by atoms with van der Waals surface area (Å²) in [5.41, 5.74) is 5.21. The van der Waals surface area contributed by atoms with Gasteiger partial charge in [-0.2, -0.15) is 4.57 Å². The molecule has 0 bridgehead atoms. The van der Waals surface area contributed by atoms with Gasteiger partial charge in [-0.05, 0) is 6.92 Å². The fraction of sp³-hybridized carbons (Fsp3) is 0.304. The molecule has 0 aliphatic carbocycles. The number of pyridine rings is 1. The molecule has 7 N–H and O–H groups in total. The van der Waals surface area contributed by atoms with Crippen LogP contribution in [0.25, 0.3) is 0 Å². The first-order valence-electron chi connectivity index (χ1n) is 11.9. The van der Waals surface area contributed by atoms with Gasteiger partial charge in [-0.3, -0.25) is 19.3 Å². The second kappa shape index (κ2) is 12.2. The van der Waals surface area contributed by atoms with Crippen molar-refractivity contribution in [1.82, 2.24) is 15.2 Å². The molecule has 3 amide bonds. The number of aromatic hydroxyl groups is 1. The third-order valence-corrected chi connectivity index (χ3v) is 8.33. The smallest absolute Gasteiger partial charge is 0.352 e. The highest BCUT2D eigenvalue weighted by Gasteiger charge is 2.55. The predicted octanol–water partition coefficient (Wildman–Crippen LogP) is -0.0372. The fourth-order valence-corrected chi connectivity index (χ4v) is 6.25. The predicted molar refractivity (Wildman–Crippen MR) is 149 cm³/mol. The molecule has 4 heterocycles. The molecule has 1 saturated heterocycles. The van der Waals surface area contributed by atoms with Gasteiger partial charge in [0.25, 0.3) is 11.8 Å². The van der Waals surface area contributed by atoms with E-state index in [1.807, 2.05) is 0 Å². The second-order valence-electron chi connectivity index (χ2n) is 8.92. The van der Waals surface area contributed by atoms with Crippen LogP contribution in [0.3, 0.4) is 0 Å². The summed E-state index contributed by atoms with van der Waals surface area (Å²) >= 11 is 8.15. The van der Waals surface area contributed by atoms with Crippen molar-refractivity contribution in [1.29, 1.82) is 0 Å². The number of hydrogen-bond acceptors (Lipinski definition) is 12. The maximum Gasteiger partial charge on any atom is 0.352 e. The average Bonchev–Trinajstić information content (AvgIpc) is 3.25. The summed E-state index contributed by atoms with van der Waals surface area (Å²) in [4.78, 5) is 70.8. The van der Waals surface area contributed by atoms with Gasteiger partial charge in [-0.1, -0.05) is 28.1 Å². The molecule has 2 unspecified atom stereocenters. The molecule has 42 heavy (non-hydrogen) atoms. The Hall–Kier alpha value is -4.42. The minimum absolute atomic E-state index is 0.00442. The number of aromatic nitrogens is 2. The Kier molecular flexibility index (Phi) is 8.88. The molecule has 2 aromatic rings. The number of aliphatic carboxylic acids is 2. The molecule has 4 rings (SSSR count). The molecular formula is C23H23ClN7O9S2+. The van der Waals surface area contributed by atoms with E-state index in [9.17, 15) is 34.2 Å². The van der Waals surface area contributed by atoms with Crippen molar-refractivity contribution in [2.75, 3.05) is 16.8 Å². The highest BCUT2D eigenvalue weighted by molar-refractivity contribution is 8.00. The number of carbonyl (C=O) groups excluding carboxylic acids is 3. The van der Waals surface area contributed by atoms with Gasteiger partial charge in [0, 0.05) is 24.3 Å². The van der Waals surface area contributed by atoms with E-state index >= 15 is 0 Å². The quantitative estimate of drug-likeness (QED) is 0.0868. The van der Waals surface area contributed by atoms with Gasteiger partial charge >= 0.3 is 11.9 Å². The van der Waals surface area contributed by atoms with Gasteiger partial charge in [-0.15, -0.1) is 11.8 Å². The number of halogens is 1. The monoisotopic (exact) mass is 640 g/mol. The highest BCUT2D eigenvalue weighted by atomic mass is 35.5. The standard InChI is InChI=1S/C23H22ClN7O9S2/c1-8(21(36)37)40-29-14(13-17(24)42-23(25)28-13)18(34)27-15-19(35)31-16(22(38)39)10(7-41-20(15)31)5-30-4-3-11(12(33)6-30)26-9(2)32/h3-4,6,8,15,20H,5,7H2,1-2H3,(H6,25,27,28,33,34,36,37,38,39)/p+1/t8-,15?,20?/m0/s1. The maximum atomic E-state index is 13.2.